The molecule has 0 bridgehead atoms. The number of guanidine groups is 1. The van der Waals surface area contributed by atoms with Crippen molar-refractivity contribution in [2.75, 3.05) is 56.2 Å². The Morgan fingerprint density at radius 2 is 1.93 bits per heavy atom. The summed E-state index contributed by atoms with van der Waals surface area (Å²) in [7, 11) is -2.96. The molecule has 0 atom stereocenters. The normalized spacial score (nSPS) is 19.3. The molecule has 1 aromatic heterocycles. The van der Waals surface area contributed by atoms with E-state index in [4.69, 9.17) is 4.99 Å². The SMILES string of the molecule is CCNC(=NCC1(CS(C)(=O)=O)CC1)N1CCN(c2nc(CC)ns2)CC1.I. The predicted molar refractivity (Wildman–Crippen MR) is 126 cm³/mol. The first kappa shape index (κ1) is 23.6. The summed E-state index contributed by atoms with van der Waals surface area (Å²) in [6.07, 6.45) is 4.09. The molecule has 2 aliphatic rings. The van der Waals surface area contributed by atoms with Gasteiger partial charge in [0.2, 0.25) is 5.13 Å². The Morgan fingerprint density at radius 3 is 2.43 bits per heavy atom. The largest absolute Gasteiger partial charge is 0.357 e. The third-order valence-corrected chi connectivity index (χ3v) is 7.00. The van der Waals surface area contributed by atoms with Crippen LogP contribution in [-0.4, -0.2) is 79.9 Å². The van der Waals surface area contributed by atoms with E-state index < -0.39 is 9.84 Å². The van der Waals surface area contributed by atoms with Gasteiger partial charge in [-0.25, -0.2) is 13.4 Å². The summed E-state index contributed by atoms with van der Waals surface area (Å²) in [5.41, 5.74) is -0.140. The van der Waals surface area contributed by atoms with Crippen LogP contribution in [0.1, 0.15) is 32.5 Å². The van der Waals surface area contributed by atoms with Gasteiger partial charge in [0.05, 0.1) is 5.75 Å². The lowest BCUT2D eigenvalue weighted by atomic mass is 10.1. The summed E-state index contributed by atoms with van der Waals surface area (Å²) >= 11 is 1.47. The second-order valence-electron chi connectivity index (χ2n) is 7.56. The van der Waals surface area contributed by atoms with Crippen molar-refractivity contribution in [1.82, 2.24) is 19.6 Å². The van der Waals surface area contributed by atoms with Crippen molar-refractivity contribution >= 4 is 56.4 Å². The highest BCUT2D eigenvalue weighted by molar-refractivity contribution is 14.0. The third-order valence-electron chi connectivity index (χ3n) is 5.05. The number of nitrogens with one attached hydrogen (secondary N) is 1. The highest BCUT2D eigenvalue weighted by Gasteiger charge is 2.45. The predicted octanol–water partition coefficient (Wildman–Crippen LogP) is 1.63. The number of hydrogen-bond acceptors (Lipinski definition) is 7. The van der Waals surface area contributed by atoms with E-state index in [0.717, 1.165) is 68.9 Å². The molecule has 1 aromatic rings. The summed E-state index contributed by atoms with van der Waals surface area (Å²) in [4.78, 5) is 13.9. The summed E-state index contributed by atoms with van der Waals surface area (Å²) in [5, 5.41) is 4.36. The Bertz CT molecular complexity index is 770. The number of sulfone groups is 1. The van der Waals surface area contributed by atoms with E-state index >= 15 is 0 Å². The molecular weight excluding hydrogens is 511 g/mol. The van der Waals surface area contributed by atoms with Crippen LogP contribution in [0.3, 0.4) is 0 Å². The van der Waals surface area contributed by atoms with Crippen molar-refractivity contribution in [3.63, 3.8) is 0 Å². The van der Waals surface area contributed by atoms with Crippen LogP contribution in [0.4, 0.5) is 5.13 Å². The highest BCUT2D eigenvalue weighted by Crippen LogP contribution is 2.46. The van der Waals surface area contributed by atoms with Crippen molar-refractivity contribution in [1.29, 1.82) is 0 Å². The lowest BCUT2D eigenvalue weighted by Crippen LogP contribution is -2.52. The van der Waals surface area contributed by atoms with Crippen molar-refractivity contribution in [3.8, 4) is 0 Å². The Kier molecular flexibility index (Phi) is 8.32. The molecule has 1 aliphatic carbocycles. The zero-order valence-corrected chi connectivity index (χ0v) is 20.8. The highest BCUT2D eigenvalue weighted by atomic mass is 127. The molecule has 0 aromatic carbocycles. The van der Waals surface area contributed by atoms with Gasteiger partial charge in [0.15, 0.2) is 5.96 Å². The lowest BCUT2D eigenvalue weighted by Gasteiger charge is -2.36. The number of nitrogens with zero attached hydrogens (tertiary/aromatic N) is 5. The average molecular weight is 543 g/mol. The minimum atomic E-state index is -2.96. The van der Waals surface area contributed by atoms with E-state index in [0.29, 0.717) is 6.54 Å². The van der Waals surface area contributed by atoms with Crippen LogP contribution in [0.5, 0.6) is 0 Å². The standard InChI is InChI=1S/C17H30N6O2S2.HI/c1-4-14-20-16(26-21-14)23-10-8-22(9-11-23)15(18-5-2)19-12-17(6-7-17)13-27(3,24)25;/h4-13H2,1-3H3,(H,18,19);1H. The van der Waals surface area contributed by atoms with E-state index in [9.17, 15) is 8.42 Å². The molecule has 1 saturated carbocycles. The number of hydrogen-bond donors (Lipinski definition) is 1. The van der Waals surface area contributed by atoms with Crippen molar-refractivity contribution in [2.24, 2.45) is 10.4 Å². The number of rotatable bonds is 7. The van der Waals surface area contributed by atoms with Gasteiger partial charge in [-0.3, -0.25) is 4.99 Å². The van der Waals surface area contributed by atoms with Gasteiger partial charge in [-0.1, -0.05) is 6.92 Å². The zero-order valence-electron chi connectivity index (χ0n) is 16.8. The van der Waals surface area contributed by atoms with Crippen LogP contribution in [0.2, 0.25) is 0 Å². The Balaban J connectivity index is 0.00000280. The fourth-order valence-corrected chi connectivity index (χ4v) is 5.67. The van der Waals surface area contributed by atoms with Crippen LogP contribution in [0.15, 0.2) is 4.99 Å². The second kappa shape index (κ2) is 9.88. The van der Waals surface area contributed by atoms with E-state index in [1.165, 1.54) is 17.8 Å². The van der Waals surface area contributed by atoms with Crippen molar-refractivity contribution < 1.29 is 8.42 Å². The Hall–Kier alpha value is -0.690. The maximum atomic E-state index is 11.7. The van der Waals surface area contributed by atoms with E-state index in [-0.39, 0.29) is 35.1 Å². The molecule has 11 heteroatoms. The molecule has 0 unspecified atom stereocenters. The van der Waals surface area contributed by atoms with Gasteiger partial charge in [-0.05, 0) is 19.8 Å². The molecule has 1 N–H and O–H groups in total. The van der Waals surface area contributed by atoms with E-state index in [2.05, 4.69) is 38.3 Å². The molecule has 1 aliphatic heterocycles. The van der Waals surface area contributed by atoms with Gasteiger partial charge in [-0.15, -0.1) is 24.0 Å². The Morgan fingerprint density at radius 1 is 1.25 bits per heavy atom. The molecule has 2 heterocycles. The fourth-order valence-electron chi connectivity index (χ4n) is 3.38. The number of anilines is 1. The van der Waals surface area contributed by atoms with Gasteiger partial charge < -0.3 is 15.1 Å². The smallest absolute Gasteiger partial charge is 0.205 e. The third kappa shape index (κ3) is 6.41. The summed E-state index contributed by atoms with van der Waals surface area (Å²) in [6, 6.07) is 0. The topological polar surface area (TPSA) is 90.8 Å². The molecule has 0 amide bonds. The minimum absolute atomic E-state index is 0. The van der Waals surface area contributed by atoms with Gasteiger partial charge in [0, 0.05) is 68.9 Å². The van der Waals surface area contributed by atoms with Crippen LogP contribution in [0.25, 0.3) is 0 Å². The maximum absolute atomic E-state index is 11.7. The average Bonchev–Trinajstić information content (AvgIpc) is 3.20. The van der Waals surface area contributed by atoms with Crippen LogP contribution in [0, 0.1) is 5.41 Å². The number of aryl methyl sites for hydroxylation is 1. The summed E-state index contributed by atoms with van der Waals surface area (Å²) in [6.45, 7) is 9.02. The second-order valence-corrected chi connectivity index (χ2v) is 10.4. The van der Waals surface area contributed by atoms with Crippen LogP contribution in [-0.2, 0) is 16.3 Å². The van der Waals surface area contributed by atoms with Gasteiger partial charge in [-0.2, -0.15) is 4.37 Å². The van der Waals surface area contributed by atoms with Gasteiger partial charge in [0.1, 0.15) is 15.7 Å². The first-order valence-corrected chi connectivity index (χ1v) is 12.5. The van der Waals surface area contributed by atoms with Crippen molar-refractivity contribution in [3.05, 3.63) is 5.82 Å². The molecule has 160 valence electrons. The van der Waals surface area contributed by atoms with Crippen LogP contribution >= 0.6 is 35.5 Å². The zero-order chi connectivity index (χ0) is 19.5. The monoisotopic (exact) mass is 542 g/mol. The van der Waals surface area contributed by atoms with Crippen molar-refractivity contribution in [2.45, 2.75) is 33.1 Å². The maximum Gasteiger partial charge on any atom is 0.205 e. The molecule has 1 saturated heterocycles. The Labute approximate surface area is 189 Å². The number of piperazine rings is 1. The van der Waals surface area contributed by atoms with Gasteiger partial charge >= 0.3 is 0 Å². The molecule has 8 nitrogen and oxygen atoms in total. The molecule has 2 fully saturated rings. The quantitative estimate of drug-likeness (QED) is 0.318. The van der Waals surface area contributed by atoms with E-state index in [1.807, 2.05) is 0 Å². The van der Waals surface area contributed by atoms with Gasteiger partial charge in [0.25, 0.3) is 0 Å². The first-order chi connectivity index (χ1) is 12.8. The first-order valence-electron chi connectivity index (χ1n) is 9.63. The molecule has 3 rings (SSSR count). The van der Waals surface area contributed by atoms with Crippen LogP contribution < -0.4 is 10.2 Å². The molecule has 0 spiro atoms. The number of aliphatic imine (C=N–C) groups is 1. The molecule has 28 heavy (non-hydrogen) atoms. The molecule has 0 radical (unpaired) electrons. The van der Waals surface area contributed by atoms with E-state index in [1.54, 1.807) is 0 Å². The summed E-state index contributed by atoms with van der Waals surface area (Å²) < 4.78 is 27.7. The fraction of sp³-hybridized carbons (Fsp3) is 0.824. The number of aromatic nitrogens is 2. The lowest BCUT2D eigenvalue weighted by molar-refractivity contribution is 0.371. The summed E-state index contributed by atoms with van der Waals surface area (Å²) in [5.74, 6) is 2.05. The molecular formula is C17H31IN6O2S2. The minimum Gasteiger partial charge on any atom is -0.357 e. The number of halogens is 1.